The lowest BCUT2D eigenvalue weighted by Gasteiger charge is -2.40. The Morgan fingerprint density at radius 1 is 1.10 bits per heavy atom. The first-order valence-electron chi connectivity index (χ1n) is 7.76. The molecule has 2 aliphatic heterocycles. The number of aromatic hydroxyl groups is 2. The predicted octanol–water partition coefficient (Wildman–Crippen LogP) is 2.03. The highest BCUT2D eigenvalue weighted by molar-refractivity contribution is 5.50. The quantitative estimate of drug-likeness (QED) is 0.816. The smallest absolute Gasteiger partial charge is 0.161 e. The van der Waals surface area contributed by atoms with Gasteiger partial charge in [-0.1, -0.05) is 0 Å². The van der Waals surface area contributed by atoms with Gasteiger partial charge in [-0.25, -0.2) is 0 Å². The summed E-state index contributed by atoms with van der Waals surface area (Å²) in [6.45, 7) is 3.43. The molecule has 1 saturated heterocycles. The van der Waals surface area contributed by atoms with Gasteiger partial charge < -0.3 is 19.7 Å². The molecule has 114 valence electrons. The van der Waals surface area contributed by atoms with E-state index >= 15 is 0 Å². The lowest BCUT2D eigenvalue weighted by Crippen LogP contribution is -2.47. The van der Waals surface area contributed by atoms with Gasteiger partial charge in [0.15, 0.2) is 11.5 Å². The third-order valence-electron chi connectivity index (χ3n) is 4.77. The van der Waals surface area contributed by atoms with Gasteiger partial charge in [-0.15, -0.1) is 0 Å². The van der Waals surface area contributed by atoms with E-state index in [1.807, 2.05) is 0 Å². The summed E-state index contributed by atoms with van der Waals surface area (Å²) < 4.78 is 11.8. The normalized spacial score (nSPS) is 29.1. The van der Waals surface area contributed by atoms with Gasteiger partial charge >= 0.3 is 0 Å². The van der Waals surface area contributed by atoms with Crippen molar-refractivity contribution in [2.45, 2.75) is 31.4 Å². The molecule has 0 bridgehead atoms. The van der Waals surface area contributed by atoms with Crippen LogP contribution >= 0.6 is 0 Å². The zero-order valence-electron chi connectivity index (χ0n) is 12.0. The standard InChI is InChI=1S/C16H21NO4/c18-13-7-11-15(8-14(13)19)20-5-3-12-16(11)21-6-4-17(12)9-10-1-2-10/h7-8,10,12,16,18-19H,1-6,9H2. The van der Waals surface area contributed by atoms with Gasteiger partial charge in [-0.3, -0.25) is 4.90 Å². The van der Waals surface area contributed by atoms with E-state index in [0.29, 0.717) is 25.0 Å². The zero-order chi connectivity index (χ0) is 14.4. The number of rotatable bonds is 2. The van der Waals surface area contributed by atoms with E-state index in [-0.39, 0.29) is 17.6 Å². The van der Waals surface area contributed by atoms with Crippen molar-refractivity contribution < 1.29 is 19.7 Å². The third kappa shape index (κ3) is 2.45. The molecule has 0 amide bonds. The van der Waals surface area contributed by atoms with Crippen molar-refractivity contribution in [3.63, 3.8) is 0 Å². The lowest BCUT2D eigenvalue weighted by atomic mass is 9.96. The molecule has 1 saturated carbocycles. The Labute approximate surface area is 124 Å². The second kappa shape index (κ2) is 5.07. The molecule has 2 unspecified atom stereocenters. The molecular weight excluding hydrogens is 270 g/mol. The van der Waals surface area contributed by atoms with Gasteiger partial charge in [0.05, 0.1) is 13.2 Å². The summed E-state index contributed by atoms with van der Waals surface area (Å²) in [5.41, 5.74) is 0.855. The van der Waals surface area contributed by atoms with E-state index in [0.717, 1.165) is 31.0 Å². The average molecular weight is 291 g/mol. The van der Waals surface area contributed by atoms with E-state index in [4.69, 9.17) is 9.47 Å². The Kier molecular flexibility index (Phi) is 3.19. The molecule has 0 spiro atoms. The molecule has 2 N–H and O–H groups in total. The Morgan fingerprint density at radius 2 is 1.90 bits per heavy atom. The van der Waals surface area contributed by atoms with Crippen LogP contribution in [0.4, 0.5) is 0 Å². The Balaban J connectivity index is 1.67. The Hall–Kier alpha value is -1.46. The summed E-state index contributed by atoms with van der Waals surface area (Å²) in [5, 5.41) is 19.5. The molecule has 1 aromatic rings. The Morgan fingerprint density at radius 3 is 2.71 bits per heavy atom. The van der Waals surface area contributed by atoms with E-state index in [1.165, 1.54) is 18.9 Å². The first kappa shape index (κ1) is 13.2. The summed E-state index contributed by atoms with van der Waals surface area (Å²) in [4.78, 5) is 2.52. The van der Waals surface area contributed by atoms with Gasteiger partial charge in [-0.2, -0.15) is 0 Å². The van der Waals surface area contributed by atoms with Gasteiger partial charge in [0.1, 0.15) is 11.9 Å². The lowest BCUT2D eigenvalue weighted by molar-refractivity contribution is -0.0757. The number of nitrogens with zero attached hydrogens (tertiary/aromatic N) is 1. The number of hydrogen-bond acceptors (Lipinski definition) is 5. The first-order valence-corrected chi connectivity index (χ1v) is 7.76. The number of morpholine rings is 1. The van der Waals surface area contributed by atoms with Crippen LogP contribution in [-0.2, 0) is 4.74 Å². The molecule has 21 heavy (non-hydrogen) atoms. The Bertz CT molecular complexity index is 543. The summed E-state index contributed by atoms with van der Waals surface area (Å²) >= 11 is 0. The van der Waals surface area contributed by atoms with Crippen LogP contribution in [0.1, 0.15) is 30.9 Å². The summed E-state index contributed by atoms with van der Waals surface area (Å²) in [7, 11) is 0. The number of fused-ring (bicyclic) bond motifs is 3. The van der Waals surface area contributed by atoms with Crippen LogP contribution in [-0.4, -0.2) is 47.5 Å². The molecule has 1 aliphatic carbocycles. The number of hydrogen-bond donors (Lipinski definition) is 2. The topological polar surface area (TPSA) is 62.2 Å². The van der Waals surface area contributed by atoms with E-state index in [2.05, 4.69) is 4.90 Å². The van der Waals surface area contributed by atoms with Gasteiger partial charge in [0, 0.05) is 30.8 Å². The van der Waals surface area contributed by atoms with Crippen LogP contribution in [0.5, 0.6) is 17.2 Å². The second-order valence-electron chi connectivity index (χ2n) is 6.31. The van der Waals surface area contributed by atoms with E-state index in [1.54, 1.807) is 6.07 Å². The SMILES string of the molecule is Oc1cc2c(cc1O)C1OCCN(CC3CC3)C1CCO2. The second-order valence-corrected chi connectivity index (χ2v) is 6.31. The maximum atomic E-state index is 9.80. The van der Waals surface area contributed by atoms with E-state index < -0.39 is 0 Å². The minimum absolute atomic E-state index is 0.0819. The van der Waals surface area contributed by atoms with Gasteiger partial charge in [0.25, 0.3) is 0 Å². The molecule has 0 radical (unpaired) electrons. The van der Waals surface area contributed by atoms with Crippen molar-refractivity contribution in [1.82, 2.24) is 4.90 Å². The van der Waals surface area contributed by atoms with Crippen LogP contribution in [0.3, 0.4) is 0 Å². The largest absolute Gasteiger partial charge is 0.504 e. The maximum Gasteiger partial charge on any atom is 0.161 e. The molecule has 2 heterocycles. The molecule has 4 rings (SSSR count). The number of benzene rings is 1. The van der Waals surface area contributed by atoms with Crippen molar-refractivity contribution in [1.29, 1.82) is 0 Å². The van der Waals surface area contributed by atoms with Crippen LogP contribution in [0, 0.1) is 5.92 Å². The summed E-state index contributed by atoms with van der Waals surface area (Å²) in [6, 6.07) is 3.38. The first-order chi connectivity index (χ1) is 10.2. The number of phenolic OH excluding ortho intramolecular Hbond substituents is 2. The summed E-state index contributed by atoms with van der Waals surface area (Å²) in [6.07, 6.45) is 3.52. The highest BCUT2D eigenvalue weighted by Crippen LogP contribution is 2.44. The minimum Gasteiger partial charge on any atom is -0.504 e. The third-order valence-corrected chi connectivity index (χ3v) is 4.77. The number of phenols is 2. The van der Waals surface area contributed by atoms with Gasteiger partial charge in [0.2, 0.25) is 0 Å². The van der Waals surface area contributed by atoms with E-state index in [9.17, 15) is 10.2 Å². The highest BCUT2D eigenvalue weighted by Gasteiger charge is 2.39. The fraction of sp³-hybridized carbons (Fsp3) is 0.625. The summed E-state index contributed by atoms with van der Waals surface area (Å²) in [5.74, 6) is 1.23. The fourth-order valence-corrected chi connectivity index (χ4v) is 3.47. The van der Waals surface area contributed by atoms with Crippen molar-refractivity contribution in [2.75, 3.05) is 26.3 Å². The molecule has 0 aromatic heterocycles. The average Bonchev–Trinajstić information content (AvgIpc) is 3.28. The van der Waals surface area contributed by atoms with Crippen molar-refractivity contribution >= 4 is 0 Å². The fourth-order valence-electron chi connectivity index (χ4n) is 3.47. The highest BCUT2D eigenvalue weighted by atomic mass is 16.5. The van der Waals surface area contributed by atoms with Crippen molar-refractivity contribution in [2.24, 2.45) is 5.92 Å². The van der Waals surface area contributed by atoms with Crippen LogP contribution in [0.25, 0.3) is 0 Å². The van der Waals surface area contributed by atoms with Gasteiger partial charge in [-0.05, 0) is 31.2 Å². The maximum absolute atomic E-state index is 9.80. The molecule has 5 heteroatoms. The van der Waals surface area contributed by atoms with Crippen molar-refractivity contribution in [3.8, 4) is 17.2 Å². The number of ether oxygens (including phenoxy) is 2. The predicted molar refractivity (Wildman–Crippen MR) is 76.7 cm³/mol. The molecule has 2 fully saturated rings. The van der Waals surface area contributed by atoms with Crippen LogP contribution in [0.15, 0.2) is 12.1 Å². The monoisotopic (exact) mass is 291 g/mol. The molecule has 1 aromatic carbocycles. The van der Waals surface area contributed by atoms with Crippen molar-refractivity contribution in [3.05, 3.63) is 17.7 Å². The minimum atomic E-state index is -0.141. The van der Waals surface area contributed by atoms with Crippen LogP contribution < -0.4 is 4.74 Å². The molecular formula is C16H21NO4. The zero-order valence-corrected chi connectivity index (χ0v) is 12.0. The molecule has 3 aliphatic rings. The van der Waals surface area contributed by atoms with Crippen LogP contribution in [0.2, 0.25) is 0 Å². The molecule has 5 nitrogen and oxygen atoms in total. The molecule has 2 atom stereocenters.